The van der Waals surface area contributed by atoms with Gasteiger partial charge in [0.05, 0.1) is 6.61 Å². The molecule has 2 aromatic rings. The maximum atomic E-state index is 13.9. The Hall–Kier alpha value is -1.42. The summed E-state index contributed by atoms with van der Waals surface area (Å²) in [6.45, 7) is 0.0684. The Bertz CT molecular complexity index is 570. The molecule has 2 nitrogen and oxygen atoms in total. The van der Waals surface area contributed by atoms with Gasteiger partial charge in [-0.1, -0.05) is 41.9 Å². The van der Waals surface area contributed by atoms with E-state index in [0.29, 0.717) is 17.0 Å². The van der Waals surface area contributed by atoms with E-state index in [0.717, 1.165) is 5.56 Å². The van der Waals surface area contributed by atoms with E-state index < -0.39 is 5.41 Å². The van der Waals surface area contributed by atoms with Crippen LogP contribution in [0.4, 0.5) is 4.39 Å². The fourth-order valence-corrected chi connectivity index (χ4v) is 2.53. The Balaban J connectivity index is 2.42. The second kappa shape index (κ2) is 6.35. The van der Waals surface area contributed by atoms with Gasteiger partial charge in [0.25, 0.3) is 0 Å². The first-order valence-electron chi connectivity index (χ1n) is 6.42. The zero-order valence-electron chi connectivity index (χ0n) is 11.0. The van der Waals surface area contributed by atoms with Crippen molar-refractivity contribution < 1.29 is 9.50 Å². The monoisotopic (exact) mass is 293 g/mol. The Morgan fingerprint density at radius 1 is 1.15 bits per heavy atom. The molecule has 0 aliphatic carbocycles. The van der Waals surface area contributed by atoms with Crippen LogP contribution in [0.2, 0.25) is 5.02 Å². The van der Waals surface area contributed by atoms with Crippen LogP contribution in [0, 0.1) is 5.82 Å². The van der Waals surface area contributed by atoms with Crippen molar-refractivity contribution in [2.75, 3.05) is 13.2 Å². The lowest BCUT2D eigenvalue weighted by atomic mass is 9.76. The predicted molar refractivity (Wildman–Crippen MR) is 79.4 cm³/mol. The number of aliphatic hydroxyl groups is 1. The van der Waals surface area contributed by atoms with Crippen molar-refractivity contribution in [3.63, 3.8) is 0 Å². The van der Waals surface area contributed by atoms with E-state index in [1.165, 1.54) is 12.1 Å². The number of hydrogen-bond donors (Lipinski definition) is 2. The Morgan fingerprint density at radius 2 is 1.85 bits per heavy atom. The molecule has 1 unspecified atom stereocenters. The highest BCUT2D eigenvalue weighted by atomic mass is 35.5. The summed E-state index contributed by atoms with van der Waals surface area (Å²) in [5, 5.41) is 10.3. The average molecular weight is 294 g/mol. The van der Waals surface area contributed by atoms with Crippen LogP contribution in [0.25, 0.3) is 0 Å². The summed E-state index contributed by atoms with van der Waals surface area (Å²) < 4.78 is 13.9. The number of rotatable bonds is 5. The Kier molecular flexibility index (Phi) is 4.76. The highest BCUT2D eigenvalue weighted by Crippen LogP contribution is 2.29. The zero-order valence-corrected chi connectivity index (χ0v) is 11.8. The number of hydrogen-bond acceptors (Lipinski definition) is 2. The van der Waals surface area contributed by atoms with Crippen molar-refractivity contribution >= 4 is 11.6 Å². The molecule has 0 aliphatic rings. The minimum atomic E-state index is -0.702. The van der Waals surface area contributed by atoms with Crippen LogP contribution < -0.4 is 5.73 Å². The van der Waals surface area contributed by atoms with Crippen molar-refractivity contribution in [1.82, 2.24) is 0 Å². The molecule has 0 saturated heterocycles. The van der Waals surface area contributed by atoms with Crippen LogP contribution in [0.5, 0.6) is 0 Å². The summed E-state index contributed by atoms with van der Waals surface area (Å²) >= 11 is 5.92. The molecule has 0 saturated carbocycles. The molecule has 4 heteroatoms. The summed E-state index contributed by atoms with van der Waals surface area (Å²) in [5.41, 5.74) is 6.52. The smallest absolute Gasteiger partial charge is 0.126 e. The van der Waals surface area contributed by atoms with Crippen molar-refractivity contribution in [3.8, 4) is 0 Å². The van der Waals surface area contributed by atoms with Crippen molar-refractivity contribution in [3.05, 3.63) is 70.5 Å². The van der Waals surface area contributed by atoms with Gasteiger partial charge in [0, 0.05) is 17.0 Å². The van der Waals surface area contributed by atoms with Crippen LogP contribution in [-0.2, 0) is 11.8 Å². The summed E-state index contributed by atoms with van der Waals surface area (Å²) in [6.07, 6.45) is 0.302. The lowest BCUT2D eigenvalue weighted by Crippen LogP contribution is -2.41. The van der Waals surface area contributed by atoms with Gasteiger partial charge in [-0.25, -0.2) is 4.39 Å². The fourth-order valence-electron chi connectivity index (χ4n) is 2.34. The first-order valence-corrected chi connectivity index (χ1v) is 6.79. The molecule has 0 spiro atoms. The van der Waals surface area contributed by atoms with E-state index in [9.17, 15) is 9.50 Å². The van der Waals surface area contributed by atoms with Gasteiger partial charge in [0.1, 0.15) is 5.82 Å². The molecule has 0 heterocycles. The fraction of sp³-hybridized carbons (Fsp3) is 0.250. The van der Waals surface area contributed by atoms with Gasteiger partial charge >= 0.3 is 0 Å². The molecule has 1 atom stereocenters. The number of halogens is 2. The third-order valence-corrected chi connectivity index (χ3v) is 3.85. The van der Waals surface area contributed by atoms with Crippen molar-refractivity contribution in [2.24, 2.45) is 5.73 Å². The molecular weight excluding hydrogens is 277 g/mol. The van der Waals surface area contributed by atoms with E-state index >= 15 is 0 Å². The SMILES string of the molecule is NCC(CO)(Cc1cc(Cl)ccc1F)c1ccccc1. The summed E-state index contributed by atoms with van der Waals surface area (Å²) in [6, 6.07) is 13.9. The quantitative estimate of drug-likeness (QED) is 0.890. The van der Waals surface area contributed by atoms with Crippen LogP contribution in [0.15, 0.2) is 48.5 Å². The highest BCUT2D eigenvalue weighted by molar-refractivity contribution is 6.30. The van der Waals surface area contributed by atoms with Gasteiger partial charge in [-0.3, -0.25) is 0 Å². The van der Waals surface area contributed by atoms with E-state index in [4.69, 9.17) is 17.3 Å². The summed E-state index contributed by atoms with van der Waals surface area (Å²) in [4.78, 5) is 0. The van der Waals surface area contributed by atoms with Gasteiger partial charge in [-0.15, -0.1) is 0 Å². The van der Waals surface area contributed by atoms with Crippen LogP contribution in [0.1, 0.15) is 11.1 Å². The minimum absolute atomic E-state index is 0.153. The lowest BCUT2D eigenvalue weighted by molar-refractivity contribution is 0.195. The van der Waals surface area contributed by atoms with E-state index in [1.54, 1.807) is 6.07 Å². The number of aliphatic hydroxyl groups excluding tert-OH is 1. The molecule has 0 aliphatic heterocycles. The molecule has 0 amide bonds. The standard InChI is InChI=1S/C16H17ClFNO/c17-14-6-7-15(18)12(8-14)9-16(10-19,11-20)13-4-2-1-3-5-13/h1-8,20H,9-11,19H2. The van der Waals surface area contributed by atoms with Gasteiger partial charge in [0.15, 0.2) is 0 Å². The van der Waals surface area contributed by atoms with E-state index in [-0.39, 0.29) is 19.0 Å². The maximum absolute atomic E-state index is 13.9. The van der Waals surface area contributed by atoms with Crippen molar-refractivity contribution in [1.29, 1.82) is 0 Å². The molecule has 20 heavy (non-hydrogen) atoms. The Labute approximate surface area is 123 Å². The topological polar surface area (TPSA) is 46.2 Å². The van der Waals surface area contributed by atoms with Crippen LogP contribution in [-0.4, -0.2) is 18.3 Å². The normalized spacial score (nSPS) is 14.0. The summed E-state index contributed by atoms with van der Waals surface area (Å²) in [7, 11) is 0. The Morgan fingerprint density at radius 3 is 2.45 bits per heavy atom. The lowest BCUT2D eigenvalue weighted by Gasteiger charge is -2.31. The molecule has 0 fully saturated rings. The third-order valence-electron chi connectivity index (χ3n) is 3.62. The largest absolute Gasteiger partial charge is 0.395 e. The van der Waals surface area contributed by atoms with Gasteiger partial charge in [-0.2, -0.15) is 0 Å². The molecule has 0 radical (unpaired) electrons. The maximum Gasteiger partial charge on any atom is 0.126 e. The van der Waals surface area contributed by atoms with E-state index in [1.807, 2.05) is 30.3 Å². The van der Waals surface area contributed by atoms with E-state index in [2.05, 4.69) is 0 Å². The predicted octanol–water partition coefficient (Wildman–Crippen LogP) is 2.91. The molecule has 3 N–H and O–H groups in total. The number of benzene rings is 2. The molecule has 106 valence electrons. The third kappa shape index (κ3) is 3.01. The average Bonchev–Trinajstić information content (AvgIpc) is 2.49. The zero-order chi connectivity index (χ0) is 14.6. The molecule has 2 rings (SSSR count). The molecular formula is C16H17ClFNO. The van der Waals surface area contributed by atoms with Crippen LogP contribution >= 0.6 is 11.6 Å². The van der Waals surface area contributed by atoms with Gasteiger partial charge in [0.2, 0.25) is 0 Å². The first kappa shape index (κ1) is 15.0. The second-order valence-corrected chi connectivity index (χ2v) is 5.36. The molecule has 2 aromatic carbocycles. The van der Waals surface area contributed by atoms with Gasteiger partial charge in [-0.05, 0) is 35.7 Å². The van der Waals surface area contributed by atoms with Crippen LogP contribution in [0.3, 0.4) is 0 Å². The van der Waals surface area contributed by atoms with Crippen molar-refractivity contribution in [2.45, 2.75) is 11.8 Å². The molecule has 0 bridgehead atoms. The number of nitrogens with two attached hydrogens (primary N) is 1. The summed E-state index contributed by atoms with van der Waals surface area (Å²) in [5.74, 6) is -0.336. The highest BCUT2D eigenvalue weighted by Gasteiger charge is 2.31. The minimum Gasteiger partial charge on any atom is -0.395 e. The second-order valence-electron chi connectivity index (χ2n) is 4.92. The first-order chi connectivity index (χ1) is 9.61. The molecule has 0 aromatic heterocycles. The van der Waals surface area contributed by atoms with Gasteiger partial charge < -0.3 is 10.8 Å².